The number of carbonyl (C=O) groups is 1. The molecular weight excluding hydrogens is 230 g/mol. The highest BCUT2D eigenvalue weighted by atomic mass is 16.5. The Kier molecular flexibility index (Phi) is 4.09. The van der Waals surface area contributed by atoms with E-state index in [2.05, 4.69) is 20.0 Å². The molecule has 2 rings (SSSR count). The zero-order valence-electron chi connectivity index (χ0n) is 10.1. The second-order valence-corrected chi connectivity index (χ2v) is 3.83. The molecule has 0 fully saturated rings. The first-order chi connectivity index (χ1) is 8.79. The maximum Gasteiger partial charge on any atom is 0.337 e. The van der Waals surface area contributed by atoms with E-state index >= 15 is 0 Å². The van der Waals surface area contributed by atoms with E-state index in [1.807, 2.05) is 12.1 Å². The number of hydrogen-bond donors (Lipinski definition) is 2. The third-order valence-electron chi connectivity index (χ3n) is 2.55. The number of nitrogens with one attached hydrogen (secondary N) is 2. The van der Waals surface area contributed by atoms with Crippen molar-refractivity contribution >= 4 is 5.97 Å². The topological polar surface area (TPSA) is 67.0 Å². The summed E-state index contributed by atoms with van der Waals surface area (Å²) >= 11 is 0. The standard InChI is InChI=1S/C13H15N3O2/c1-18-13(17)11-4-2-10(3-5-11)8-14-9-12-15-6-7-16-12/h2-7,14H,8-9H2,1H3,(H,15,16). The Morgan fingerprint density at radius 3 is 2.72 bits per heavy atom. The molecule has 0 amide bonds. The molecule has 94 valence electrons. The number of rotatable bonds is 5. The minimum Gasteiger partial charge on any atom is -0.465 e. The SMILES string of the molecule is COC(=O)c1ccc(CNCc2ncc[nH]2)cc1. The third kappa shape index (κ3) is 3.18. The average Bonchev–Trinajstić information content (AvgIpc) is 2.92. The molecule has 1 aromatic heterocycles. The minimum atomic E-state index is -0.315. The molecule has 0 radical (unpaired) electrons. The molecule has 18 heavy (non-hydrogen) atoms. The van der Waals surface area contributed by atoms with Crippen LogP contribution in [-0.4, -0.2) is 23.0 Å². The molecular formula is C13H15N3O2. The van der Waals surface area contributed by atoms with Gasteiger partial charge in [-0.2, -0.15) is 0 Å². The fourth-order valence-corrected chi connectivity index (χ4v) is 1.60. The first kappa shape index (κ1) is 12.3. The fraction of sp³-hybridized carbons (Fsp3) is 0.231. The van der Waals surface area contributed by atoms with E-state index in [1.54, 1.807) is 24.5 Å². The molecule has 5 heteroatoms. The zero-order valence-corrected chi connectivity index (χ0v) is 10.1. The quantitative estimate of drug-likeness (QED) is 0.783. The van der Waals surface area contributed by atoms with Crippen LogP contribution in [0.5, 0.6) is 0 Å². The number of H-pyrrole nitrogens is 1. The van der Waals surface area contributed by atoms with Crippen molar-refractivity contribution in [2.24, 2.45) is 0 Å². The van der Waals surface area contributed by atoms with E-state index in [0.717, 1.165) is 17.9 Å². The van der Waals surface area contributed by atoms with Gasteiger partial charge < -0.3 is 15.0 Å². The van der Waals surface area contributed by atoms with Crippen LogP contribution in [0.15, 0.2) is 36.7 Å². The van der Waals surface area contributed by atoms with Gasteiger partial charge in [-0.25, -0.2) is 9.78 Å². The highest BCUT2D eigenvalue weighted by Gasteiger charge is 2.04. The zero-order chi connectivity index (χ0) is 12.8. The number of carbonyl (C=O) groups excluding carboxylic acids is 1. The Morgan fingerprint density at radius 2 is 2.11 bits per heavy atom. The molecule has 1 heterocycles. The summed E-state index contributed by atoms with van der Waals surface area (Å²) in [6.45, 7) is 1.41. The van der Waals surface area contributed by atoms with Crippen molar-refractivity contribution in [1.29, 1.82) is 0 Å². The minimum absolute atomic E-state index is 0.315. The van der Waals surface area contributed by atoms with Crippen LogP contribution in [0.25, 0.3) is 0 Å². The van der Waals surface area contributed by atoms with Crippen molar-refractivity contribution in [3.05, 3.63) is 53.6 Å². The van der Waals surface area contributed by atoms with Crippen molar-refractivity contribution < 1.29 is 9.53 Å². The lowest BCUT2D eigenvalue weighted by molar-refractivity contribution is 0.0600. The Labute approximate surface area is 105 Å². The molecule has 0 aliphatic carbocycles. The van der Waals surface area contributed by atoms with Crippen LogP contribution >= 0.6 is 0 Å². The van der Waals surface area contributed by atoms with Crippen LogP contribution < -0.4 is 5.32 Å². The van der Waals surface area contributed by atoms with Crippen LogP contribution in [-0.2, 0) is 17.8 Å². The number of ether oxygens (including phenoxy) is 1. The summed E-state index contributed by atoms with van der Waals surface area (Å²) in [4.78, 5) is 18.4. The molecule has 0 saturated heterocycles. The summed E-state index contributed by atoms with van der Waals surface area (Å²) in [6, 6.07) is 7.33. The molecule has 2 aromatic rings. The molecule has 0 spiro atoms. The maximum absolute atomic E-state index is 11.2. The van der Waals surface area contributed by atoms with Gasteiger partial charge in [0, 0.05) is 18.9 Å². The molecule has 0 saturated carbocycles. The monoisotopic (exact) mass is 245 g/mol. The molecule has 0 aliphatic heterocycles. The molecule has 0 atom stereocenters. The van der Waals surface area contributed by atoms with Gasteiger partial charge in [0.1, 0.15) is 5.82 Å². The number of methoxy groups -OCH3 is 1. The van der Waals surface area contributed by atoms with E-state index in [-0.39, 0.29) is 5.97 Å². The summed E-state index contributed by atoms with van der Waals surface area (Å²) < 4.78 is 4.64. The Morgan fingerprint density at radius 1 is 1.33 bits per heavy atom. The van der Waals surface area contributed by atoms with Gasteiger partial charge >= 0.3 is 5.97 Å². The van der Waals surface area contributed by atoms with Gasteiger partial charge in [0.15, 0.2) is 0 Å². The molecule has 0 bridgehead atoms. The summed E-state index contributed by atoms with van der Waals surface area (Å²) in [6.07, 6.45) is 3.52. The van der Waals surface area contributed by atoms with Crippen LogP contribution in [0.4, 0.5) is 0 Å². The second kappa shape index (κ2) is 5.97. The Hall–Kier alpha value is -2.14. The number of hydrogen-bond acceptors (Lipinski definition) is 4. The Bertz CT molecular complexity index is 491. The molecule has 5 nitrogen and oxygen atoms in total. The first-order valence-corrected chi connectivity index (χ1v) is 5.66. The second-order valence-electron chi connectivity index (χ2n) is 3.83. The van der Waals surface area contributed by atoms with E-state index in [1.165, 1.54) is 7.11 Å². The van der Waals surface area contributed by atoms with Gasteiger partial charge in [-0.1, -0.05) is 12.1 Å². The number of esters is 1. The number of aromatic amines is 1. The van der Waals surface area contributed by atoms with Crippen LogP contribution in [0.3, 0.4) is 0 Å². The van der Waals surface area contributed by atoms with E-state index in [9.17, 15) is 4.79 Å². The highest BCUT2D eigenvalue weighted by Crippen LogP contribution is 2.05. The van der Waals surface area contributed by atoms with Crippen molar-refractivity contribution in [3.63, 3.8) is 0 Å². The van der Waals surface area contributed by atoms with E-state index < -0.39 is 0 Å². The molecule has 0 unspecified atom stereocenters. The van der Waals surface area contributed by atoms with Crippen molar-refractivity contribution in [1.82, 2.24) is 15.3 Å². The van der Waals surface area contributed by atoms with Crippen molar-refractivity contribution in [2.45, 2.75) is 13.1 Å². The predicted molar refractivity (Wildman–Crippen MR) is 66.9 cm³/mol. The number of imidazole rings is 1. The summed E-state index contributed by atoms with van der Waals surface area (Å²) in [7, 11) is 1.38. The Balaban J connectivity index is 1.85. The van der Waals surface area contributed by atoms with Crippen molar-refractivity contribution in [3.8, 4) is 0 Å². The first-order valence-electron chi connectivity index (χ1n) is 5.66. The number of aromatic nitrogens is 2. The van der Waals surface area contributed by atoms with Gasteiger partial charge in [-0.15, -0.1) is 0 Å². The summed E-state index contributed by atoms with van der Waals surface area (Å²) in [5.41, 5.74) is 1.67. The maximum atomic E-state index is 11.2. The lowest BCUT2D eigenvalue weighted by Gasteiger charge is -2.04. The third-order valence-corrected chi connectivity index (χ3v) is 2.55. The average molecular weight is 245 g/mol. The van der Waals surface area contributed by atoms with Gasteiger partial charge in [-0.3, -0.25) is 0 Å². The van der Waals surface area contributed by atoms with Gasteiger partial charge in [0.2, 0.25) is 0 Å². The predicted octanol–water partition coefficient (Wildman–Crippen LogP) is 1.49. The smallest absolute Gasteiger partial charge is 0.337 e. The van der Waals surface area contributed by atoms with E-state index in [4.69, 9.17) is 0 Å². The summed E-state index contributed by atoms with van der Waals surface area (Å²) in [5, 5.41) is 3.26. The van der Waals surface area contributed by atoms with Crippen LogP contribution in [0, 0.1) is 0 Å². The van der Waals surface area contributed by atoms with E-state index in [0.29, 0.717) is 12.1 Å². The molecule has 1 aromatic carbocycles. The van der Waals surface area contributed by atoms with Crippen LogP contribution in [0.1, 0.15) is 21.7 Å². The fourth-order valence-electron chi connectivity index (χ4n) is 1.60. The van der Waals surface area contributed by atoms with Gasteiger partial charge in [0.25, 0.3) is 0 Å². The lowest BCUT2D eigenvalue weighted by atomic mass is 10.1. The molecule has 0 aliphatic rings. The van der Waals surface area contributed by atoms with Gasteiger partial charge in [0.05, 0.1) is 19.2 Å². The number of benzene rings is 1. The highest BCUT2D eigenvalue weighted by molar-refractivity contribution is 5.89. The normalized spacial score (nSPS) is 10.3. The van der Waals surface area contributed by atoms with Crippen molar-refractivity contribution in [2.75, 3.05) is 7.11 Å². The molecule has 2 N–H and O–H groups in total. The number of nitrogens with zero attached hydrogens (tertiary/aromatic N) is 1. The van der Waals surface area contributed by atoms with Crippen LogP contribution in [0.2, 0.25) is 0 Å². The largest absolute Gasteiger partial charge is 0.465 e. The lowest BCUT2D eigenvalue weighted by Crippen LogP contribution is -2.13. The van der Waals surface area contributed by atoms with Gasteiger partial charge in [-0.05, 0) is 17.7 Å². The summed E-state index contributed by atoms with van der Waals surface area (Å²) in [5.74, 6) is 0.589.